The lowest BCUT2D eigenvalue weighted by Crippen LogP contribution is -2.37. The quantitative estimate of drug-likeness (QED) is 0.639. The monoisotopic (exact) mass is 260 g/mol. The third kappa shape index (κ3) is 3.78. The number of amidine groups is 1. The average Bonchev–Trinajstić information content (AvgIpc) is 2.52. The number of nitrogens with zero attached hydrogens (tertiary/aromatic N) is 2. The summed E-state index contributed by atoms with van der Waals surface area (Å²) in [5, 5.41) is 7.40. The molecule has 1 heterocycles. The van der Waals surface area contributed by atoms with E-state index in [0.717, 1.165) is 25.2 Å². The van der Waals surface area contributed by atoms with Crippen molar-refractivity contribution < 1.29 is 0 Å². The van der Waals surface area contributed by atoms with Crippen molar-refractivity contribution in [2.75, 3.05) is 26.7 Å². The highest BCUT2D eigenvalue weighted by molar-refractivity contribution is 5.94. The van der Waals surface area contributed by atoms with Crippen molar-refractivity contribution in [3.8, 4) is 0 Å². The Morgan fingerprint density at radius 2 is 2.00 bits per heavy atom. The molecule has 104 valence electrons. The summed E-state index contributed by atoms with van der Waals surface area (Å²) in [5.41, 5.74) is 7.56. The molecule has 1 unspecified atom stereocenters. The smallest absolute Gasteiger partial charge is 0.122 e. The molecule has 1 aliphatic rings. The fourth-order valence-corrected chi connectivity index (χ4v) is 2.68. The fraction of sp³-hybridized carbons (Fsp3) is 0.533. The normalized spacial score (nSPS) is 22.1. The van der Waals surface area contributed by atoms with E-state index in [1.165, 1.54) is 18.5 Å². The van der Waals surface area contributed by atoms with Crippen LogP contribution < -0.4 is 5.73 Å². The molecule has 1 aromatic carbocycles. The second kappa shape index (κ2) is 6.17. The molecule has 2 rings (SSSR count). The largest absolute Gasteiger partial charge is 0.384 e. The molecule has 0 amide bonds. The molecule has 0 spiro atoms. The van der Waals surface area contributed by atoms with Crippen LogP contribution in [0, 0.1) is 5.41 Å². The number of nitrogens with one attached hydrogen (secondary N) is 1. The molecule has 19 heavy (non-hydrogen) atoms. The first-order valence-corrected chi connectivity index (χ1v) is 6.92. The van der Waals surface area contributed by atoms with Crippen molar-refractivity contribution in [1.82, 2.24) is 9.80 Å². The van der Waals surface area contributed by atoms with Gasteiger partial charge in [-0.1, -0.05) is 24.3 Å². The summed E-state index contributed by atoms with van der Waals surface area (Å²) < 4.78 is 0. The van der Waals surface area contributed by atoms with E-state index in [2.05, 4.69) is 35.9 Å². The van der Waals surface area contributed by atoms with Gasteiger partial charge < -0.3 is 10.6 Å². The Hall–Kier alpha value is -1.39. The molecule has 0 aliphatic carbocycles. The summed E-state index contributed by atoms with van der Waals surface area (Å²) in [7, 11) is 2.20. The topological polar surface area (TPSA) is 56.4 Å². The Balaban J connectivity index is 2.01. The van der Waals surface area contributed by atoms with E-state index in [-0.39, 0.29) is 5.84 Å². The van der Waals surface area contributed by atoms with Crippen LogP contribution in [0.15, 0.2) is 24.3 Å². The Morgan fingerprint density at radius 3 is 2.63 bits per heavy atom. The number of nitrogens with two attached hydrogens (primary N) is 1. The van der Waals surface area contributed by atoms with Gasteiger partial charge in [-0.25, -0.2) is 0 Å². The third-order valence-corrected chi connectivity index (χ3v) is 3.84. The highest BCUT2D eigenvalue weighted by Gasteiger charge is 2.19. The molecular formula is C15H24N4. The summed E-state index contributed by atoms with van der Waals surface area (Å²) in [5.74, 6) is 0.135. The first kappa shape index (κ1) is 14.0. The van der Waals surface area contributed by atoms with Gasteiger partial charge in [0.15, 0.2) is 0 Å². The van der Waals surface area contributed by atoms with Crippen LogP contribution in [0.1, 0.15) is 24.5 Å². The Morgan fingerprint density at radius 1 is 1.32 bits per heavy atom. The second-order valence-electron chi connectivity index (χ2n) is 5.55. The number of likely N-dealkylation sites (N-methyl/N-ethyl adjacent to an activating group) is 1. The van der Waals surface area contributed by atoms with E-state index in [1.54, 1.807) is 0 Å². The van der Waals surface area contributed by atoms with Crippen LogP contribution in [0.2, 0.25) is 0 Å². The zero-order valence-corrected chi connectivity index (χ0v) is 11.9. The van der Waals surface area contributed by atoms with Gasteiger partial charge in [-0.3, -0.25) is 10.3 Å². The van der Waals surface area contributed by atoms with Crippen LogP contribution in [-0.4, -0.2) is 48.4 Å². The zero-order chi connectivity index (χ0) is 13.8. The van der Waals surface area contributed by atoms with Crippen molar-refractivity contribution in [2.45, 2.75) is 25.9 Å². The van der Waals surface area contributed by atoms with Crippen LogP contribution in [0.3, 0.4) is 0 Å². The first-order valence-electron chi connectivity index (χ1n) is 6.92. The van der Waals surface area contributed by atoms with Gasteiger partial charge in [-0.05, 0) is 32.5 Å². The lowest BCUT2D eigenvalue weighted by molar-refractivity contribution is 0.194. The number of rotatable bonds is 3. The van der Waals surface area contributed by atoms with Gasteiger partial charge in [-0.15, -0.1) is 0 Å². The molecule has 0 saturated carbocycles. The minimum Gasteiger partial charge on any atom is -0.384 e. The van der Waals surface area contributed by atoms with Gasteiger partial charge in [0.1, 0.15) is 5.84 Å². The van der Waals surface area contributed by atoms with Gasteiger partial charge in [0, 0.05) is 31.2 Å². The Labute approximate surface area is 115 Å². The number of nitrogen functional groups attached to an aromatic ring is 1. The molecule has 4 nitrogen and oxygen atoms in total. The van der Waals surface area contributed by atoms with Gasteiger partial charge in [0.25, 0.3) is 0 Å². The van der Waals surface area contributed by atoms with Crippen molar-refractivity contribution in [1.29, 1.82) is 5.41 Å². The first-order chi connectivity index (χ1) is 9.06. The minimum absolute atomic E-state index is 0.135. The molecule has 1 atom stereocenters. The molecule has 3 N–H and O–H groups in total. The number of hydrogen-bond acceptors (Lipinski definition) is 3. The van der Waals surface area contributed by atoms with E-state index in [4.69, 9.17) is 11.1 Å². The molecule has 1 fully saturated rings. The maximum absolute atomic E-state index is 7.40. The van der Waals surface area contributed by atoms with E-state index in [0.29, 0.717) is 6.04 Å². The van der Waals surface area contributed by atoms with E-state index in [1.807, 2.05) is 12.1 Å². The lowest BCUT2D eigenvalue weighted by atomic mass is 10.1. The van der Waals surface area contributed by atoms with E-state index < -0.39 is 0 Å². The van der Waals surface area contributed by atoms with Crippen molar-refractivity contribution in [3.05, 3.63) is 35.4 Å². The van der Waals surface area contributed by atoms with Crippen molar-refractivity contribution in [3.63, 3.8) is 0 Å². The summed E-state index contributed by atoms with van der Waals surface area (Å²) in [6.45, 7) is 6.74. The number of hydrogen-bond donors (Lipinski definition) is 2. The molecule has 0 radical (unpaired) electrons. The zero-order valence-electron chi connectivity index (χ0n) is 11.9. The van der Waals surface area contributed by atoms with Crippen LogP contribution >= 0.6 is 0 Å². The van der Waals surface area contributed by atoms with E-state index >= 15 is 0 Å². The summed E-state index contributed by atoms with van der Waals surface area (Å²) in [4.78, 5) is 4.94. The molecule has 4 heteroatoms. The standard InChI is InChI=1S/C15H24N4/c1-12-10-18(2)8-3-9-19(12)11-13-4-6-14(7-5-13)15(16)17/h4-7,12H,3,8-11H2,1-2H3,(H3,16,17). The van der Waals surface area contributed by atoms with Crippen molar-refractivity contribution >= 4 is 5.84 Å². The molecule has 1 aliphatic heterocycles. The predicted octanol–water partition coefficient (Wildman–Crippen LogP) is 1.50. The SMILES string of the molecule is CC1CN(C)CCCN1Cc1ccc(C(=N)N)cc1. The van der Waals surface area contributed by atoms with Gasteiger partial charge in [-0.2, -0.15) is 0 Å². The predicted molar refractivity (Wildman–Crippen MR) is 79.4 cm³/mol. The molecule has 1 aromatic rings. The lowest BCUT2D eigenvalue weighted by Gasteiger charge is -2.27. The summed E-state index contributed by atoms with van der Waals surface area (Å²) >= 11 is 0. The maximum atomic E-state index is 7.40. The summed E-state index contributed by atoms with van der Waals surface area (Å²) in [6, 6.07) is 8.62. The highest BCUT2D eigenvalue weighted by Crippen LogP contribution is 2.14. The van der Waals surface area contributed by atoms with Crippen LogP contribution in [0.25, 0.3) is 0 Å². The van der Waals surface area contributed by atoms with Crippen LogP contribution in [0.5, 0.6) is 0 Å². The minimum atomic E-state index is 0.135. The molecule has 1 saturated heterocycles. The second-order valence-corrected chi connectivity index (χ2v) is 5.55. The van der Waals surface area contributed by atoms with Crippen molar-refractivity contribution in [2.24, 2.45) is 5.73 Å². The highest BCUT2D eigenvalue weighted by atomic mass is 15.2. The average molecular weight is 260 g/mol. The molecule has 0 aromatic heterocycles. The molecular weight excluding hydrogens is 236 g/mol. The Kier molecular flexibility index (Phi) is 4.56. The van der Waals surface area contributed by atoms with E-state index in [9.17, 15) is 0 Å². The van der Waals surface area contributed by atoms with Crippen LogP contribution in [-0.2, 0) is 6.54 Å². The third-order valence-electron chi connectivity index (χ3n) is 3.84. The summed E-state index contributed by atoms with van der Waals surface area (Å²) in [6.07, 6.45) is 1.23. The fourth-order valence-electron chi connectivity index (χ4n) is 2.68. The van der Waals surface area contributed by atoms with Crippen LogP contribution in [0.4, 0.5) is 0 Å². The van der Waals surface area contributed by atoms with Gasteiger partial charge in [0.2, 0.25) is 0 Å². The molecule has 0 bridgehead atoms. The number of benzene rings is 1. The van der Waals surface area contributed by atoms with Gasteiger partial charge >= 0.3 is 0 Å². The Bertz CT molecular complexity index is 426. The maximum Gasteiger partial charge on any atom is 0.122 e. The van der Waals surface area contributed by atoms with Gasteiger partial charge in [0.05, 0.1) is 0 Å².